The fourth-order valence-corrected chi connectivity index (χ4v) is 3.76. The Morgan fingerprint density at radius 3 is 2.48 bits per heavy atom. The third-order valence-corrected chi connectivity index (χ3v) is 5.16. The highest BCUT2D eigenvalue weighted by molar-refractivity contribution is 5.81. The van der Waals surface area contributed by atoms with Gasteiger partial charge in [-0.05, 0) is 39.2 Å². The van der Waals surface area contributed by atoms with Crippen LogP contribution in [-0.4, -0.2) is 53.1 Å². The second kappa shape index (κ2) is 6.62. The molecule has 0 radical (unpaired) electrons. The van der Waals surface area contributed by atoms with E-state index >= 15 is 0 Å². The van der Waals surface area contributed by atoms with Crippen LogP contribution in [0.25, 0.3) is 0 Å². The molecule has 3 rings (SSSR count). The van der Waals surface area contributed by atoms with Crippen LogP contribution in [0.2, 0.25) is 0 Å². The molecule has 0 unspecified atom stereocenters. The molecule has 1 aromatic rings. The van der Waals surface area contributed by atoms with Crippen molar-refractivity contribution in [2.24, 2.45) is 0 Å². The van der Waals surface area contributed by atoms with E-state index < -0.39 is 0 Å². The number of ether oxygens (including phenoxy) is 1. The summed E-state index contributed by atoms with van der Waals surface area (Å²) in [7, 11) is 0. The second-order valence-corrected chi connectivity index (χ2v) is 7.26. The summed E-state index contributed by atoms with van der Waals surface area (Å²) in [6, 6.07) is 10.9. The second-order valence-electron chi connectivity index (χ2n) is 7.26. The number of likely N-dealkylation sites (tertiary alicyclic amines) is 1. The van der Waals surface area contributed by atoms with Gasteiger partial charge in [0.15, 0.2) is 0 Å². The first kappa shape index (κ1) is 16.5. The number of rotatable bonds is 3. The van der Waals surface area contributed by atoms with Crippen LogP contribution < -0.4 is 0 Å². The number of morpholine rings is 1. The number of hydrogen-bond acceptors (Lipinski definition) is 3. The number of amides is 1. The van der Waals surface area contributed by atoms with Gasteiger partial charge in [0.1, 0.15) is 6.10 Å². The molecule has 0 bridgehead atoms. The van der Waals surface area contributed by atoms with Gasteiger partial charge < -0.3 is 9.64 Å². The van der Waals surface area contributed by atoms with E-state index in [9.17, 15) is 4.79 Å². The zero-order valence-electron chi connectivity index (χ0n) is 14.5. The van der Waals surface area contributed by atoms with Gasteiger partial charge in [0.25, 0.3) is 5.91 Å². The van der Waals surface area contributed by atoms with E-state index in [4.69, 9.17) is 4.74 Å². The highest BCUT2D eigenvalue weighted by Gasteiger charge is 2.45. The molecule has 1 aromatic carbocycles. The SMILES string of the molecule is CC(C)N1CC2(CCN(Cc3ccccc3)CC2)O[C@@H](C)C1=O. The summed E-state index contributed by atoms with van der Waals surface area (Å²) < 4.78 is 6.19. The van der Waals surface area contributed by atoms with E-state index in [0.29, 0.717) is 0 Å². The largest absolute Gasteiger partial charge is 0.360 e. The summed E-state index contributed by atoms with van der Waals surface area (Å²) >= 11 is 0. The van der Waals surface area contributed by atoms with Crippen molar-refractivity contribution in [3.63, 3.8) is 0 Å². The van der Waals surface area contributed by atoms with E-state index in [0.717, 1.165) is 39.0 Å². The Kier molecular flexibility index (Phi) is 4.74. The first-order valence-corrected chi connectivity index (χ1v) is 8.74. The van der Waals surface area contributed by atoms with Gasteiger partial charge in [-0.15, -0.1) is 0 Å². The standard InChI is InChI=1S/C19H28N2O2/c1-15(2)21-14-19(23-16(3)18(21)22)9-11-20(12-10-19)13-17-7-5-4-6-8-17/h4-8,15-16H,9-14H2,1-3H3/t16-/m0/s1. The van der Waals surface area contributed by atoms with Crippen molar-refractivity contribution >= 4 is 5.91 Å². The topological polar surface area (TPSA) is 32.8 Å². The molecule has 1 amide bonds. The average Bonchev–Trinajstić information content (AvgIpc) is 2.54. The quantitative estimate of drug-likeness (QED) is 0.859. The Hall–Kier alpha value is -1.39. The molecule has 2 fully saturated rings. The number of hydrogen-bond donors (Lipinski definition) is 0. The summed E-state index contributed by atoms with van der Waals surface area (Å²) in [6.45, 7) is 9.88. The lowest BCUT2D eigenvalue weighted by Gasteiger charge is -2.50. The predicted molar refractivity (Wildman–Crippen MR) is 91.1 cm³/mol. The molecular formula is C19H28N2O2. The summed E-state index contributed by atoms with van der Waals surface area (Å²) in [5, 5.41) is 0. The van der Waals surface area contributed by atoms with Crippen LogP contribution in [0.1, 0.15) is 39.2 Å². The molecule has 2 aliphatic heterocycles. The molecule has 0 aromatic heterocycles. The maximum absolute atomic E-state index is 12.3. The third kappa shape index (κ3) is 3.59. The van der Waals surface area contributed by atoms with Gasteiger partial charge in [-0.1, -0.05) is 30.3 Å². The predicted octanol–water partition coefficient (Wildman–Crippen LogP) is 2.68. The molecular weight excluding hydrogens is 288 g/mol. The minimum atomic E-state index is -0.313. The molecule has 126 valence electrons. The van der Waals surface area contributed by atoms with Gasteiger partial charge in [0.2, 0.25) is 0 Å². The van der Waals surface area contributed by atoms with Gasteiger partial charge in [0.05, 0.1) is 12.1 Å². The lowest BCUT2D eigenvalue weighted by Crippen LogP contribution is -2.62. The average molecular weight is 316 g/mol. The van der Waals surface area contributed by atoms with Crippen molar-refractivity contribution in [1.29, 1.82) is 0 Å². The van der Waals surface area contributed by atoms with E-state index in [1.54, 1.807) is 0 Å². The van der Waals surface area contributed by atoms with Crippen molar-refractivity contribution < 1.29 is 9.53 Å². The normalized spacial score (nSPS) is 25.3. The highest BCUT2D eigenvalue weighted by Crippen LogP contribution is 2.34. The number of carbonyl (C=O) groups is 1. The minimum Gasteiger partial charge on any atom is -0.360 e. The first-order chi connectivity index (χ1) is 11.0. The Balaban J connectivity index is 1.62. The van der Waals surface area contributed by atoms with Crippen LogP contribution in [0, 0.1) is 0 Å². The highest BCUT2D eigenvalue weighted by atomic mass is 16.5. The molecule has 0 aliphatic carbocycles. The molecule has 2 saturated heterocycles. The molecule has 4 nitrogen and oxygen atoms in total. The van der Waals surface area contributed by atoms with Gasteiger partial charge in [-0.3, -0.25) is 9.69 Å². The molecule has 1 atom stereocenters. The molecule has 2 heterocycles. The Bertz CT molecular complexity index is 536. The van der Waals surface area contributed by atoms with Gasteiger partial charge >= 0.3 is 0 Å². The number of piperidine rings is 1. The summed E-state index contributed by atoms with van der Waals surface area (Å²) in [4.78, 5) is 16.8. The first-order valence-electron chi connectivity index (χ1n) is 8.74. The third-order valence-electron chi connectivity index (χ3n) is 5.16. The van der Waals surface area contributed by atoms with Crippen molar-refractivity contribution in [1.82, 2.24) is 9.80 Å². The van der Waals surface area contributed by atoms with Crippen LogP contribution in [-0.2, 0) is 16.1 Å². The van der Waals surface area contributed by atoms with Gasteiger partial charge in [-0.25, -0.2) is 0 Å². The smallest absolute Gasteiger partial charge is 0.251 e. The summed E-state index contributed by atoms with van der Waals surface area (Å²) in [6.07, 6.45) is 1.69. The molecule has 4 heteroatoms. The zero-order chi connectivity index (χ0) is 16.4. The van der Waals surface area contributed by atoms with Gasteiger partial charge in [0, 0.05) is 25.7 Å². The minimum absolute atomic E-state index is 0.136. The molecule has 0 N–H and O–H groups in total. The van der Waals surface area contributed by atoms with Crippen LogP contribution in [0.4, 0.5) is 0 Å². The number of carbonyl (C=O) groups excluding carboxylic acids is 1. The zero-order valence-corrected chi connectivity index (χ0v) is 14.5. The molecule has 2 aliphatic rings. The van der Waals surface area contributed by atoms with Crippen LogP contribution in [0.15, 0.2) is 30.3 Å². The maximum atomic E-state index is 12.3. The summed E-state index contributed by atoms with van der Waals surface area (Å²) in [5.74, 6) is 0.136. The fraction of sp³-hybridized carbons (Fsp3) is 0.632. The summed E-state index contributed by atoms with van der Waals surface area (Å²) in [5.41, 5.74) is 1.21. The van der Waals surface area contributed by atoms with Gasteiger partial charge in [-0.2, -0.15) is 0 Å². The number of nitrogens with zero attached hydrogens (tertiary/aromatic N) is 2. The van der Waals surface area contributed by atoms with E-state index in [1.807, 2.05) is 11.8 Å². The van der Waals surface area contributed by atoms with Crippen LogP contribution in [0.5, 0.6) is 0 Å². The molecule has 1 spiro atoms. The Labute approximate surface area is 139 Å². The van der Waals surface area contributed by atoms with Crippen molar-refractivity contribution in [2.75, 3.05) is 19.6 Å². The van der Waals surface area contributed by atoms with Crippen LogP contribution in [0.3, 0.4) is 0 Å². The Morgan fingerprint density at radius 1 is 1.22 bits per heavy atom. The molecule has 23 heavy (non-hydrogen) atoms. The van der Waals surface area contributed by atoms with Crippen molar-refractivity contribution in [3.8, 4) is 0 Å². The van der Waals surface area contributed by atoms with E-state index in [1.165, 1.54) is 5.56 Å². The van der Waals surface area contributed by atoms with Crippen molar-refractivity contribution in [2.45, 2.75) is 57.9 Å². The monoisotopic (exact) mass is 316 g/mol. The van der Waals surface area contributed by atoms with E-state index in [-0.39, 0.29) is 23.7 Å². The maximum Gasteiger partial charge on any atom is 0.251 e. The number of benzene rings is 1. The molecule has 0 saturated carbocycles. The fourth-order valence-electron chi connectivity index (χ4n) is 3.76. The van der Waals surface area contributed by atoms with Crippen molar-refractivity contribution in [3.05, 3.63) is 35.9 Å². The Morgan fingerprint density at radius 2 is 1.87 bits per heavy atom. The lowest BCUT2D eigenvalue weighted by molar-refractivity contribution is -0.193. The van der Waals surface area contributed by atoms with Crippen LogP contribution >= 0.6 is 0 Å². The van der Waals surface area contributed by atoms with E-state index in [2.05, 4.69) is 49.1 Å². The lowest BCUT2D eigenvalue weighted by atomic mass is 9.87.